The fraction of sp³-hybridized carbons (Fsp3) is 0.654. The van der Waals surface area contributed by atoms with E-state index in [2.05, 4.69) is 20.7 Å². The van der Waals surface area contributed by atoms with Crippen molar-refractivity contribution in [1.29, 1.82) is 0 Å². The van der Waals surface area contributed by atoms with Crippen molar-refractivity contribution >= 4 is 11.8 Å². The highest BCUT2D eigenvalue weighted by Gasteiger charge is 2.34. The van der Waals surface area contributed by atoms with Crippen LogP contribution in [0.15, 0.2) is 18.2 Å². The van der Waals surface area contributed by atoms with Crippen molar-refractivity contribution in [2.24, 2.45) is 0 Å². The van der Waals surface area contributed by atoms with E-state index in [1.54, 1.807) is 37.3 Å². The molecule has 2 aliphatic rings. The van der Waals surface area contributed by atoms with Crippen molar-refractivity contribution in [2.75, 3.05) is 27.4 Å². The lowest BCUT2D eigenvalue weighted by Crippen LogP contribution is -2.54. The van der Waals surface area contributed by atoms with Gasteiger partial charge in [-0.1, -0.05) is 26.2 Å². The fourth-order valence-corrected chi connectivity index (χ4v) is 5.09. The van der Waals surface area contributed by atoms with Crippen molar-refractivity contribution in [2.45, 2.75) is 83.0 Å². The average molecular weight is 515 g/mol. The molecular formula is C26H38N6O5. The largest absolute Gasteiger partial charge is 0.493 e. The third-order valence-corrected chi connectivity index (χ3v) is 7.06. The van der Waals surface area contributed by atoms with Gasteiger partial charge in [-0.15, -0.1) is 10.2 Å². The Labute approximate surface area is 217 Å². The first-order valence-corrected chi connectivity index (χ1v) is 13.2. The predicted octanol–water partition coefficient (Wildman–Crippen LogP) is 2.59. The maximum atomic E-state index is 13.6. The fourth-order valence-electron chi connectivity index (χ4n) is 5.09. The van der Waals surface area contributed by atoms with E-state index in [1.807, 2.05) is 6.92 Å². The van der Waals surface area contributed by atoms with Gasteiger partial charge in [-0.25, -0.2) is 0 Å². The molecule has 0 bridgehead atoms. The molecule has 11 nitrogen and oxygen atoms in total. The Morgan fingerprint density at radius 3 is 2.62 bits per heavy atom. The standard InChI is InChI=1S/C26H38N6O5/c1-4-8-21(26(34)27-19-9-5-6-10-19)31(16-20-11-7-14-37-20)24(33)17-32-29-25(28-30-32)18-12-13-22(35-2)23(15-18)36-3/h12-13,15,19-21H,4-11,14,16-17H2,1-3H3,(H,27,34)/t20-,21+/m0/s1. The van der Waals surface area contributed by atoms with Crippen molar-refractivity contribution in [3.8, 4) is 22.9 Å². The Morgan fingerprint density at radius 1 is 1.16 bits per heavy atom. The number of rotatable bonds is 12. The summed E-state index contributed by atoms with van der Waals surface area (Å²) < 4.78 is 16.5. The van der Waals surface area contributed by atoms with E-state index in [1.165, 1.54) is 4.80 Å². The van der Waals surface area contributed by atoms with Crippen LogP contribution in [-0.4, -0.2) is 82.5 Å². The highest BCUT2D eigenvalue weighted by atomic mass is 16.5. The number of nitrogens with one attached hydrogen (secondary N) is 1. The van der Waals surface area contributed by atoms with Crippen LogP contribution in [0.25, 0.3) is 11.4 Å². The summed E-state index contributed by atoms with van der Waals surface area (Å²) in [6.45, 7) is 2.96. The average Bonchev–Trinajstić information content (AvgIpc) is 3.69. The Kier molecular flexibility index (Phi) is 9.32. The number of ether oxygens (including phenoxy) is 3. The highest BCUT2D eigenvalue weighted by molar-refractivity contribution is 5.87. The zero-order valence-electron chi connectivity index (χ0n) is 22.0. The summed E-state index contributed by atoms with van der Waals surface area (Å²) in [4.78, 5) is 29.9. The van der Waals surface area contributed by atoms with E-state index < -0.39 is 6.04 Å². The van der Waals surface area contributed by atoms with Gasteiger partial charge in [0.25, 0.3) is 0 Å². The molecule has 0 spiro atoms. The van der Waals surface area contributed by atoms with Gasteiger partial charge in [0.2, 0.25) is 17.6 Å². The third-order valence-electron chi connectivity index (χ3n) is 7.06. The first kappa shape index (κ1) is 26.8. The van der Waals surface area contributed by atoms with Gasteiger partial charge in [-0.05, 0) is 55.5 Å². The zero-order chi connectivity index (χ0) is 26.2. The van der Waals surface area contributed by atoms with E-state index in [0.29, 0.717) is 42.5 Å². The Morgan fingerprint density at radius 2 is 1.95 bits per heavy atom. The lowest BCUT2D eigenvalue weighted by Gasteiger charge is -2.33. The Bertz CT molecular complexity index is 1050. The molecule has 0 unspecified atom stereocenters. The van der Waals surface area contributed by atoms with Gasteiger partial charge in [-0.2, -0.15) is 4.80 Å². The molecule has 1 aliphatic carbocycles. The van der Waals surface area contributed by atoms with Crippen molar-refractivity contribution in [3.63, 3.8) is 0 Å². The number of tetrazole rings is 1. The number of benzene rings is 1. The summed E-state index contributed by atoms with van der Waals surface area (Å²) in [5.74, 6) is 1.19. The van der Waals surface area contributed by atoms with Gasteiger partial charge < -0.3 is 24.4 Å². The van der Waals surface area contributed by atoms with Crippen LogP contribution in [0.4, 0.5) is 0 Å². The molecule has 1 saturated carbocycles. The van der Waals surface area contributed by atoms with Crippen LogP contribution in [0, 0.1) is 0 Å². The monoisotopic (exact) mass is 514 g/mol. The molecule has 202 valence electrons. The summed E-state index contributed by atoms with van der Waals surface area (Å²) in [6.07, 6.45) is 7.36. The number of hydrogen-bond acceptors (Lipinski definition) is 8. The van der Waals surface area contributed by atoms with Gasteiger partial charge >= 0.3 is 0 Å². The second-order valence-electron chi connectivity index (χ2n) is 9.69. The van der Waals surface area contributed by atoms with Gasteiger partial charge in [0.15, 0.2) is 11.5 Å². The maximum absolute atomic E-state index is 13.6. The number of nitrogens with zero attached hydrogens (tertiary/aromatic N) is 5. The SMILES string of the molecule is CCC[C@H](C(=O)NC1CCCC1)N(C[C@@H]1CCCO1)C(=O)Cn1nnc(-c2ccc(OC)c(OC)c2)n1. The van der Waals surface area contributed by atoms with Crippen molar-refractivity contribution < 1.29 is 23.8 Å². The smallest absolute Gasteiger partial charge is 0.247 e. The molecule has 1 saturated heterocycles. The normalized spacial score (nSPS) is 18.5. The second-order valence-corrected chi connectivity index (χ2v) is 9.69. The number of carbonyl (C=O) groups excluding carboxylic acids is 2. The molecule has 4 rings (SSSR count). The van der Waals surface area contributed by atoms with Crippen LogP contribution in [0.3, 0.4) is 0 Å². The molecule has 11 heteroatoms. The highest BCUT2D eigenvalue weighted by Crippen LogP contribution is 2.30. The predicted molar refractivity (Wildman–Crippen MR) is 136 cm³/mol. The topological polar surface area (TPSA) is 121 Å². The van der Waals surface area contributed by atoms with Crippen LogP contribution < -0.4 is 14.8 Å². The molecule has 1 aromatic carbocycles. The maximum Gasteiger partial charge on any atom is 0.247 e. The molecule has 1 aliphatic heterocycles. The van der Waals surface area contributed by atoms with Gasteiger partial charge in [0.05, 0.1) is 20.3 Å². The minimum absolute atomic E-state index is 0.0754. The second kappa shape index (κ2) is 12.8. The van der Waals surface area contributed by atoms with Crippen LogP contribution in [0.1, 0.15) is 58.3 Å². The minimum atomic E-state index is -0.559. The van der Waals surface area contributed by atoms with Crippen molar-refractivity contribution in [3.05, 3.63) is 18.2 Å². The van der Waals surface area contributed by atoms with E-state index in [0.717, 1.165) is 44.9 Å². The van der Waals surface area contributed by atoms with Gasteiger partial charge in [-0.3, -0.25) is 9.59 Å². The zero-order valence-corrected chi connectivity index (χ0v) is 22.0. The van der Waals surface area contributed by atoms with Crippen molar-refractivity contribution in [1.82, 2.24) is 30.4 Å². The Hall–Kier alpha value is -3.21. The third kappa shape index (κ3) is 6.76. The Balaban J connectivity index is 1.51. The summed E-state index contributed by atoms with van der Waals surface area (Å²) in [6, 6.07) is 4.96. The molecule has 1 N–H and O–H groups in total. The van der Waals surface area contributed by atoms with Gasteiger partial charge in [0, 0.05) is 24.8 Å². The minimum Gasteiger partial charge on any atom is -0.493 e. The molecule has 2 heterocycles. The molecule has 2 fully saturated rings. The molecule has 1 aromatic heterocycles. The molecule has 37 heavy (non-hydrogen) atoms. The molecule has 2 aromatic rings. The summed E-state index contributed by atoms with van der Waals surface area (Å²) in [5, 5.41) is 15.8. The van der Waals surface area contributed by atoms with Crippen LogP contribution >= 0.6 is 0 Å². The molecule has 0 radical (unpaired) electrons. The quantitative estimate of drug-likeness (QED) is 0.459. The molecular weight excluding hydrogens is 476 g/mol. The number of methoxy groups -OCH3 is 2. The van der Waals surface area contributed by atoms with Crippen LogP contribution in [-0.2, 0) is 20.9 Å². The first-order valence-electron chi connectivity index (χ1n) is 13.2. The van der Waals surface area contributed by atoms with Crippen LogP contribution in [0.2, 0.25) is 0 Å². The van der Waals surface area contributed by atoms with E-state index in [-0.39, 0.29) is 30.5 Å². The van der Waals surface area contributed by atoms with Gasteiger partial charge in [0.1, 0.15) is 12.6 Å². The number of hydrogen-bond donors (Lipinski definition) is 1. The summed E-state index contributed by atoms with van der Waals surface area (Å²) in [5.41, 5.74) is 0.687. The lowest BCUT2D eigenvalue weighted by atomic mass is 10.1. The first-order chi connectivity index (χ1) is 18.0. The van der Waals surface area contributed by atoms with Crippen LogP contribution in [0.5, 0.6) is 11.5 Å². The summed E-state index contributed by atoms with van der Waals surface area (Å²) in [7, 11) is 3.13. The lowest BCUT2D eigenvalue weighted by molar-refractivity contribution is -0.143. The van der Waals surface area contributed by atoms with E-state index in [4.69, 9.17) is 14.2 Å². The van der Waals surface area contributed by atoms with E-state index in [9.17, 15) is 9.59 Å². The van der Waals surface area contributed by atoms with E-state index >= 15 is 0 Å². The summed E-state index contributed by atoms with van der Waals surface area (Å²) >= 11 is 0. The number of carbonyl (C=O) groups is 2. The molecule has 2 atom stereocenters. The number of amides is 2. The molecule has 2 amide bonds. The number of aromatic nitrogens is 4.